The molecule has 1 heterocycles. The van der Waals surface area contributed by atoms with Crippen molar-refractivity contribution in [3.8, 4) is 11.8 Å². The number of halogens is 2. The van der Waals surface area contributed by atoms with Gasteiger partial charge in [-0.25, -0.2) is 13.5 Å². The predicted molar refractivity (Wildman–Crippen MR) is 99.7 cm³/mol. The molecule has 0 saturated heterocycles. The van der Waals surface area contributed by atoms with E-state index in [1.165, 1.54) is 4.68 Å². The second-order valence-corrected chi connectivity index (χ2v) is 6.05. The molecule has 3 aromatic rings. The first-order chi connectivity index (χ1) is 13.5. The summed E-state index contributed by atoms with van der Waals surface area (Å²) < 4.78 is 28.0. The van der Waals surface area contributed by atoms with E-state index in [0.717, 1.165) is 17.8 Å². The minimum atomic E-state index is -0.918. The summed E-state index contributed by atoms with van der Waals surface area (Å²) in [6, 6.07) is 14.0. The Hall–Kier alpha value is -3.73. The quantitative estimate of drug-likeness (QED) is 0.642. The van der Waals surface area contributed by atoms with Crippen molar-refractivity contribution in [2.45, 2.75) is 12.8 Å². The first-order valence-electron chi connectivity index (χ1n) is 8.57. The summed E-state index contributed by atoms with van der Waals surface area (Å²) in [5.41, 5.74) is 7.36. The molecule has 1 amide bonds. The average molecular weight is 381 g/mol. The molecule has 0 bridgehead atoms. The summed E-state index contributed by atoms with van der Waals surface area (Å²) in [7, 11) is 0. The molecule has 0 atom stereocenters. The number of carbonyl (C=O) groups excluding carboxylic acids is 1. The lowest BCUT2D eigenvalue weighted by atomic mass is 10.1. The van der Waals surface area contributed by atoms with Gasteiger partial charge in [-0.3, -0.25) is 4.79 Å². The summed E-state index contributed by atoms with van der Waals surface area (Å²) >= 11 is 0. The van der Waals surface area contributed by atoms with E-state index in [1.54, 1.807) is 0 Å². The SMILES string of the molecule is N#Cc1c(CCCNC(=O)c2ccc(F)cc2F)nn(-c2ccccc2)c1N. The molecule has 142 valence electrons. The molecule has 0 aliphatic carbocycles. The van der Waals surface area contributed by atoms with Gasteiger partial charge < -0.3 is 11.1 Å². The summed E-state index contributed by atoms with van der Waals surface area (Å²) in [6.45, 7) is 0.235. The molecule has 0 spiro atoms. The van der Waals surface area contributed by atoms with Crippen LogP contribution in [0.5, 0.6) is 0 Å². The van der Waals surface area contributed by atoms with Crippen LogP contribution in [0.4, 0.5) is 14.6 Å². The number of benzene rings is 2. The predicted octanol–water partition coefficient (Wildman–Crippen LogP) is 2.97. The largest absolute Gasteiger partial charge is 0.382 e. The van der Waals surface area contributed by atoms with Crippen LogP contribution >= 0.6 is 0 Å². The standard InChI is InChI=1S/C20H17F2N5O/c21-13-8-9-15(17(22)11-13)20(28)25-10-4-7-18-16(12-23)19(24)27(26-18)14-5-2-1-3-6-14/h1-3,5-6,8-9,11H,4,7,10,24H2,(H,25,28). The molecule has 0 aliphatic rings. The van der Waals surface area contributed by atoms with Crippen LogP contribution in [-0.2, 0) is 6.42 Å². The van der Waals surface area contributed by atoms with Crippen LogP contribution in [0.2, 0.25) is 0 Å². The summed E-state index contributed by atoms with van der Waals surface area (Å²) in [5.74, 6) is -2.04. The molecule has 3 rings (SSSR count). The van der Waals surface area contributed by atoms with Crippen molar-refractivity contribution >= 4 is 11.7 Å². The lowest BCUT2D eigenvalue weighted by Gasteiger charge is -2.06. The van der Waals surface area contributed by atoms with Gasteiger partial charge in [-0.05, 0) is 37.1 Å². The molecular formula is C20H17F2N5O. The fraction of sp³-hybridized carbons (Fsp3) is 0.150. The smallest absolute Gasteiger partial charge is 0.254 e. The zero-order valence-electron chi connectivity index (χ0n) is 14.8. The number of nitriles is 1. The van der Waals surface area contributed by atoms with E-state index in [4.69, 9.17) is 5.73 Å². The molecule has 0 fully saturated rings. The molecule has 3 N–H and O–H groups in total. The Bertz CT molecular complexity index is 1040. The van der Waals surface area contributed by atoms with Crippen LogP contribution in [0.25, 0.3) is 5.69 Å². The summed E-state index contributed by atoms with van der Waals surface area (Å²) in [6.07, 6.45) is 0.869. The van der Waals surface area contributed by atoms with E-state index >= 15 is 0 Å². The van der Waals surface area contributed by atoms with Crippen LogP contribution in [0.1, 0.15) is 28.0 Å². The number of nitrogens with zero attached hydrogens (tertiary/aromatic N) is 3. The van der Waals surface area contributed by atoms with E-state index in [1.807, 2.05) is 30.3 Å². The normalized spacial score (nSPS) is 10.5. The number of hydrogen-bond donors (Lipinski definition) is 2. The van der Waals surface area contributed by atoms with Crippen molar-refractivity contribution in [1.29, 1.82) is 5.26 Å². The van der Waals surface area contributed by atoms with Crippen molar-refractivity contribution in [2.75, 3.05) is 12.3 Å². The lowest BCUT2D eigenvalue weighted by molar-refractivity contribution is 0.0949. The number of nitrogens with one attached hydrogen (secondary N) is 1. The fourth-order valence-corrected chi connectivity index (χ4v) is 2.77. The number of nitrogens with two attached hydrogens (primary N) is 1. The van der Waals surface area contributed by atoms with E-state index in [2.05, 4.69) is 16.5 Å². The first-order valence-corrected chi connectivity index (χ1v) is 8.57. The van der Waals surface area contributed by atoms with Crippen molar-refractivity contribution in [1.82, 2.24) is 15.1 Å². The third kappa shape index (κ3) is 3.99. The van der Waals surface area contributed by atoms with Gasteiger partial charge in [0.15, 0.2) is 0 Å². The number of hydrogen-bond acceptors (Lipinski definition) is 4. The molecule has 8 heteroatoms. The second kappa shape index (κ2) is 8.31. The average Bonchev–Trinajstić information content (AvgIpc) is 3.01. The van der Waals surface area contributed by atoms with Crippen LogP contribution in [0.3, 0.4) is 0 Å². The monoisotopic (exact) mass is 381 g/mol. The highest BCUT2D eigenvalue weighted by Gasteiger charge is 2.17. The van der Waals surface area contributed by atoms with Crippen LogP contribution in [0, 0.1) is 23.0 Å². The highest BCUT2D eigenvalue weighted by atomic mass is 19.1. The van der Waals surface area contributed by atoms with E-state index in [-0.39, 0.29) is 17.9 Å². The van der Waals surface area contributed by atoms with Crippen LogP contribution < -0.4 is 11.1 Å². The Morgan fingerprint density at radius 2 is 1.96 bits per heavy atom. The van der Waals surface area contributed by atoms with Crippen LogP contribution in [-0.4, -0.2) is 22.2 Å². The first kappa shape index (κ1) is 19.0. The van der Waals surface area contributed by atoms with Crippen LogP contribution in [0.15, 0.2) is 48.5 Å². The molecule has 2 aromatic carbocycles. The minimum absolute atomic E-state index is 0.225. The van der Waals surface area contributed by atoms with Gasteiger partial charge in [0, 0.05) is 12.6 Å². The highest BCUT2D eigenvalue weighted by Crippen LogP contribution is 2.21. The fourth-order valence-electron chi connectivity index (χ4n) is 2.77. The maximum absolute atomic E-state index is 13.6. The highest BCUT2D eigenvalue weighted by molar-refractivity contribution is 5.94. The van der Waals surface area contributed by atoms with Crippen molar-refractivity contribution in [2.24, 2.45) is 0 Å². The number of anilines is 1. The molecule has 0 saturated carbocycles. The molecule has 0 unspecified atom stereocenters. The number of para-hydroxylation sites is 1. The van der Waals surface area contributed by atoms with Gasteiger partial charge in [0.25, 0.3) is 5.91 Å². The molecule has 6 nitrogen and oxygen atoms in total. The third-order valence-corrected chi connectivity index (χ3v) is 4.16. The Kier molecular flexibility index (Phi) is 5.65. The molecular weight excluding hydrogens is 364 g/mol. The maximum Gasteiger partial charge on any atom is 0.254 e. The molecule has 1 aromatic heterocycles. The Morgan fingerprint density at radius 1 is 1.21 bits per heavy atom. The Balaban J connectivity index is 1.64. The second-order valence-electron chi connectivity index (χ2n) is 6.05. The zero-order chi connectivity index (χ0) is 20.1. The minimum Gasteiger partial charge on any atom is -0.382 e. The van der Waals surface area contributed by atoms with Gasteiger partial charge in [-0.15, -0.1) is 0 Å². The number of aryl methyl sites for hydroxylation is 1. The topological polar surface area (TPSA) is 96.7 Å². The van der Waals surface area contributed by atoms with Crippen molar-refractivity contribution in [3.63, 3.8) is 0 Å². The summed E-state index contributed by atoms with van der Waals surface area (Å²) in [4.78, 5) is 12.0. The summed E-state index contributed by atoms with van der Waals surface area (Å²) in [5, 5.41) is 16.4. The van der Waals surface area contributed by atoms with Crippen molar-refractivity contribution < 1.29 is 13.6 Å². The number of amides is 1. The van der Waals surface area contributed by atoms with Gasteiger partial charge in [0.2, 0.25) is 0 Å². The van der Waals surface area contributed by atoms with Gasteiger partial charge >= 0.3 is 0 Å². The van der Waals surface area contributed by atoms with Crippen molar-refractivity contribution in [3.05, 3.63) is 77.0 Å². The Labute approximate surface area is 160 Å². The third-order valence-electron chi connectivity index (χ3n) is 4.16. The number of aromatic nitrogens is 2. The van der Waals surface area contributed by atoms with Gasteiger partial charge in [0.1, 0.15) is 29.1 Å². The molecule has 0 aliphatic heterocycles. The number of carbonyl (C=O) groups is 1. The molecule has 0 radical (unpaired) electrons. The van der Waals surface area contributed by atoms with E-state index < -0.39 is 17.5 Å². The van der Waals surface area contributed by atoms with Gasteiger partial charge in [-0.2, -0.15) is 10.4 Å². The van der Waals surface area contributed by atoms with Gasteiger partial charge in [-0.1, -0.05) is 18.2 Å². The zero-order valence-corrected chi connectivity index (χ0v) is 14.8. The van der Waals surface area contributed by atoms with E-state index in [0.29, 0.717) is 30.2 Å². The maximum atomic E-state index is 13.6. The van der Waals surface area contributed by atoms with Gasteiger partial charge in [0.05, 0.1) is 16.9 Å². The lowest BCUT2D eigenvalue weighted by Crippen LogP contribution is -2.25. The van der Waals surface area contributed by atoms with E-state index in [9.17, 15) is 18.8 Å². The number of nitrogen functional groups attached to an aromatic ring is 1. The Morgan fingerprint density at radius 3 is 2.64 bits per heavy atom. The number of rotatable bonds is 6. The molecule has 28 heavy (non-hydrogen) atoms.